The van der Waals surface area contributed by atoms with Gasteiger partial charge < -0.3 is 10.5 Å². The van der Waals surface area contributed by atoms with Crippen molar-refractivity contribution in [2.75, 3.05) is 7.11 Å². The van der Waals surface area contributed by atoms with Crippen LogP contribution in [0.5, 0.6) is 0 Å². The van der Waals surface area contributed by atoms with E-state index in [1.165, 1.54) is 26.4 Å². The van der Waals surface area contributed by atoms with Crippen LogP contribution in [0.3, 0.4) is 0 Å². The topological polar surface area (TPSA) is 52.3 Å². The van der Waals surface area contributed by atoms with Crippen LogP contribution in [0, 0.1) is 11.8 Å². The Labute approximate surface area is 85.0 Å². The van der Waals surface area contributed by atoms with Crippen molar-refractivity contribution in [3.63, 3.8) is 0 Å². The van der Waals surface area contributed by atoms with Crippen LogP contribution in [0.2, 0.25) is 0 Å². The van der Waals surface area contributed by atoms with Crippen molar-refractivity contribution in [2.45, 2.75) is 44.1 Å². The Morgan fingerprint density at radius 1 is 1.36 bits per heavy atom. The van der Waals surface area contributed by atoms with Gasteiger partial charge in [0.15, 0.2) is 0 Å². The van der Waals surface area contributed by atoms with Crippen molar-refractivity contribution in [2.24, 2.45) is 17.6 Å². The van der Waals surface area contributed by atoms with Crippen LogP contribution in [0.4, 0.5) is 0 Å². The van der Waals surface area contributed by atoms with Gasteiger partial charge in [-0.3, -0.25) is 4.79 Å². The molecule has 0 aliphatic heterocycles. The molecule has 0 aromatic rings. The standard InChI is InChI=1S/C11H19NO2/c1-14-10(13)11(12)6-5-8-3-2-4-9(8)7-11/h8-9H,2-7,12H2,1H3. The van der Waals surface area contributed by atoms with Crippen molar-refractivity contribution >= 4 is 5.97 Å². The molecule has 2 rings (SSSR count). The van der Waals surface area contributed by atoms with Crippen molar-refractivity contribution in [1.29, 1.82) is 0 Å². The Bertz CT molecular complexity index is 241. The Hall–Kier alpha value is -0.570. The van der Waals surface area contributed by atoms with Gasteiger partial charge >= 0.3 is 5.97 Å². The van der Waals surface area contributed by atoms with E-state index in [9.17, 15) is 4.79 Å². The number of esters is 1. The van der Waals surface area contributed by atoms with Gasteiger partial charge in [-0.15, -0.1) is 0 Å². The molecule has 80 valence electrons. The number of hydrogen-bond donors (Lipinski definition) is 1. The molecule has 2 N–H and O–H groups in total. The zero-order chi connectivity index (χ0) is 10.2. The molecule has 0 bridgehead atoms. The van der Waals surface area contributed by atoms with Gasteiger partial charge in [0.2, 0.25) is 0 Å². The Balaban J connectivity index is 2.06. The summed E-state index contributed by atoms with van der Waals surface area (Å²) in [5, 5.41) is 0. The molecule has 2 saturated carbocycles. The van der Waals surface area contributed by atoms with E-state index in [-0.39, 0.29) is 5.97 Å². The van der Waals surface area contributed by atoms with E-state index in [1.54, 1.807) is 0 Å². The van der Waals surface area contributed by atoms with Crippen LogP contribution in [0.15, 0.2) is 0 Å². The third-order valence-electron chi connectivity index (χ3n) is 4.00. The first-order valence-corrected chi connectivity index (χ1v) is 5.53. The van der Waals surface area contributed by atoms with Crippen LogP contribution < -0.4 is 5.73 Å². The van der Waals surface area contributed by atoms with Crippen LogP contribution in [0.25, 0.3) is 0 Å². The Morgan fingerprint density at radius 2 is 2.07 bits per heavy atom. The fourth-order valence-electron chi connectivity index (χ4n) is 3.16. The lowest BCUT2D eigenvalue weighted by molar-refractivity contribution is -0.149. The summed E-state index contributed by atoms with van der Waals surface area (Å²) in [4.78, 5) is 11.5. The minimum absolute atomic E-state index is 0.220. The van der Waals surface area contributed by atoms with E-state index >= 15 is 0 Å². The molecule has 14 heavy (non-hydrogen) atoms. The fraction of sp³-hybridized carbons (Fsp3) is 0.909. The summed E-state index contributed by atoms with van der Waals surface area (Å²) in [6, 6.07) is 0. The summed E-state index contributed by atoms with van der Waals surface area (Å²) in [5.41, 5.74) is 5.41. The summed E-state index contributed by atoms with van der Waals surface area (Å²) >= 11 is 0. The van der Waals surface area contributed by atoms with Gasteiger partial charge in [0.25, 0.3) is 0 Å². The molecule has 3 unspecified atom stereocenters. The van der Waals surface area contributed by atoms with Gasteiger partial charge in [-0.05, 0) is 31.1 Å². The van der Waals surface area contributed by atoms with Gasteiger partial charge in [0.1, 0.15) is 5.54 Å². The highest BCUT2D eigenvalue weighted by molar-refractivity contribution is 5.80. The maximum atomic E-state index is 11.5. The monoisotopic (exact) mass is 197 g/mol. The molecule has 0 aromatic heterocycles. The highest BCUT2D eigenvalue weighted by Crippen LogP contribution is 2.45. The molecule has 0 saturated heterocycles. The average molecular weight is 197 g/mol. The smallest absolute Gasteiger partial charge is 0.325 e. The normalized spacial score (nSPS) is 41.9. The van der Waals surface area contributed by atoms with Gasteiger partial charge in [0.05, 0.1) is 7.11 Å². The van der Waals surface area contributed by atoms with Gasteiger partial charge in [-0.1, -0.05) is 19.3 Å². The molecule has 2 aliphatic carbocycles. The number of carbonyl (C=O) groups is 1. The highest BCUT2D eigenvalue weighted by atomic mass is 16.5. The lowest BCUT2D eigenvalue weighted by Crippen LogP contribution is -2.52. The second-order valence-electron chi connectivity index (χ2n) is 4.84. The molecule has 2 aliphatic rings. The van der Waals surface area contributed by atoms with E-state index in [0.717, 1.165) is 25.2 Å². The van der Waals surface area contributed by atoms with Crippen molar-refractivity contribution in [1.82, 2.24) is 0 Å². The second kappa shape index (κ2) is 3.54. The largest absolute Gasteiger partial charge is 0.468 e. The Kier molecular flexibility index (Phi) is 2.52. The summed E-state index contributed by atoms with van der Waals surface area (Å²) in [6.07, 6.45) is 6.65. The minimum atomic E-state index is -0.680. The predicted molar refractivity (Wildman–Crippen MR) is 53.6 cm³/mol. The molecule has 3 nitrogen and oxygen atoms in total. The number of ether oxygens (including phenoxy) is 1. The second-order valence-corrected chi connectivity index (χ2v) is 4.84. The number of rotatable bonds is 1. The molecule has 2 fully saturated rings. The SMILES string of the molecule is COC(=O)C1(N)CCC2CCCC2C1. The number of methoxy groups -OCH3 is 1. The Morgan fingerprint density at radius 3 is 2.79 bits per heavy atom. The molecular formula is C11H19NO2. The number of hydrogen-bond acceptors (Lipinski definition) is 3. The molecule has 0 aromatic carbocycles. The first-order valence-electron chi connectivity index (χ1n) is 5.53. The fourth-order valence-corrected chi connectivity index (χ4v) is 3.16. The molecule has 0 spiro atoms. The van der Waals surface area contributed by atoms with Crippen molar-refractivity contribution < 1.29 is 9.53 Å². The molecule has 3 heteroatoms. The summed E-state index contributed by atoms with van der Waals surface area (Å²) in [7, 11) is 1.43. The zero-order valence-corrected chi connectivity index (χ0v) is 8.79. The third-order valence-corrected chi connectivity index (χ3v) is 4.00. The summed E-state index contributed by atoms with van der Waals surface area (Å²) < 4.78 is 4.78. The van der Waals surface area contributed by atoms with E-state index in [2.05, 4.69) is 0 Å². The van der Waals surface area contributed by atoms with E-state index in [0.29, 0.717) is 5.92 Å². The summed E-state index contributed by atoms with van der Waals surface area (Å²) in [5.74, 6) is 1.28. The van der Waals surface area contributed by atoms with Crippen molar-refractivity contribution in [3.8, 4) is 0 Å². The third kappa shape index (κ3) is 1.54. The first kappa shape index (κ1) is 9.97. The van der Waals surface area contributed by atoms with Gasteiger partial charge in [0, 0.05) is 0 Å². The van der Waals surface area contributed by atoms with E-state index < -0.39 is 5.54 Å². The molecule has 3 atom stereocenters. The number of nitrogens with two attached hydrogens (primary N) is 1. The van der Waals surface area contributed by atoms with Crippen LogP contribution in [-0.2, 0) is 9.53 Å². The predicted octanol–water partition coefficient (Wildman–Crippen LogP) is 1.46. The lowest BCUT2D eigenvalue weighted by Gasteiger charge is -2.37. The maximum Gasteiger partial charge on any atom is 0.325 e. The summed E-state index contributed by atoms with van der Waals surface area (Å²) in [6.45, 7) is 0. The highest BCUT2D eigenvalue weighted by Gasteiger charge is 2.45. The van der Waals surface area contributed by atoms with E-state index in [4.69, 9.17) is 10.5 Å². The van der Waals surface area contributed by atoms with Crippen LogP contribution in [-0.4, -0.2) is 18.6 Å². The minimum Gasteiger partial charge on any atom is -0.468 e. The molecule has 0 radical (unpaired) electrons. The van der Waals surface area contributed by atoms with Crippen LogP contribution in [0.1, 0.15) is 38.5 Å². The average Bonchev–Trinajstić information content (AvgIpc) is 2.63. The molecular weight excluding hydrogens is 178 g/mol. The number of carbonyl (C=O) groups excluding carboxylic acids is 1. The van der Waals surface area contributed by atoms with Crippen LogP contribution >= 0.6 is 0 Å². The van der Waals surface area contributed by atoms with Crippen molar-refractivity contribution in [3.05, 3.63) is 0 Å². The quantitative estimate of drug-likeness (QED) is 0.647. The molecule has 0 heterocycles. The van der Waals surface area contributed by atoms with E-state index in [1.807, 2.05) is 0 Å². The first-order chi connectivity index (χ1) is 6.65. The zero-order valence-electron chi connectivity index (χ0n) is 8.79. The van der Waals surface area contributed by atoms with Gasteiger partial charge in [-0.25, -0.2) is 0 Å². The van der Waals surface area contributed by atoms with Gasteiger partial charge in [-0.2, -0.15) is 0 Å². The number of fused-ring (bicyclic) bond motifs is 1. The molecule has 0 amide bonds. The lowest BCUT2D eigenvalue weighted by atomic mass is 9.72. The maximum absolute atomic E-state index is 11.5.